The molecule has 162 valence electrons. The Morgan fingerprint density at radius 3 is 2.34 bits per heavy atom. The van der Waals surface area contributed by atoms with Crippen LogP contribution in [-0.4, -0.2) is 13.0 Å². The Balaban J connectivity index is 1.50. The van der Waals surface area contributed by atoms with E-state index in [2.05, 4.69) is 5.32 Å². The summed E-state index contributed by atoms with van der Waals surface area (Å²) in [6, 6.07) is 20.7. The Morgan fingerprint density at radius 1 is 0.969 bits per heavy atom. The highest BCUT2D eigenvalue weighted by Crippen LogP contribution is 2.34. The van der Waals surface area contributed by atoms with Crippen LogP contribution in [0.15, 0.2) is 77.2 Å². The number of ether oxygens (including phenoxy) is 2. The summed E-state index contributed by atoms with van der Waals surface area (Å²) >= 11 is 0. The molecule has 4 aromatic rings. The summed E-state index contributed by atoms with van der Waals surface area (Å²) in [5, 5.41) is 3.91. The summed E-state index contributed by atoms with van der Waals surface area (Å²) in [5.41, 5.74) is 4.19. The number of carbonyl (C=O) groups is 1. The number of fused-ring (bicyclic) bond motifs is 1. The highest BCUT2D eigenvalue weighted by atomic mass is 16.5. The van der Waals surface area contributed by atoms with Gasteiger partial charge in [0.05, 0.1) is 7.11 Å². The van der Waals surface area contributed by atoms with Crippen LogP contribution in [0.3, 0.4) is 0 Å². The number of allylic oxidation sites excluding steroid dienone is 1. The van der Waals surface area contributed by atoms with Gasteiger partial charge in [-0.15, -0.1) is 0 Å². The lowest BCUT2D eigenvalue weighted by Crippen LogP contribution is -2.08. The smallest absolute Gasteiger partial charge is 0.248 e. The standard InChI is InChI=1S/C27H25NO4/c1-17(23-15-24-18(2)19(3)31-26(24)16-25(23)30-4)14-27(29)28-20-10-12-22(13-11-20)32-21-8-6-5-7-9-21/h5-16H,1-4H3,(H,28,29)/b17-14+. The van der Waals surface area contributed by atoms with E-state index >= 15 is 0 Å². The number of aryl methyl sites for hydroxylation is 2. The van der Waals surface area contributed by atoms with E-state index in [0.717, 1.165) is 39.2 Å². The molecule has 0 aliphatic heterocycles. The number of anilines is 1. The van der Waals surface area contributed by atoms with E-state index in [4.69, 9.17) is 13.9 Å². The predicted molar refractivity (Wildman–Crippen MR) is 127 cm³/mol. The fourth-order valence-corrected chi connectivity index (χ4v) is 3.53. The molecule has 1 aromatic heterocycles. The minimum atomic E-state index is -0.221. The molecule has 0 unspecified atom stereocenters. The summed E-state index contributed by atoms with van der Waals surface area (Å²) in [6.07, 6.45) is 1.57. The van der Waals surface area contributed by atoms with Gasteiger partial charge in [-0.3, -0.25) is 4.79 Å². The summed E-state index contributed by atoms with van der Waals surface area (Å²) in [5.74, 6) is 2.77. The molecule has 0 spiro atoms. The van der Waals surface area contributed by atoms with E-state index in [-0.39, 0.29) is 5.91 Å². The molecule has 0 fully saturated rings. The van der Waals surface area contributed by atoms with Gasteiger partial charge in [0.15, 0.2) is 0 Å². The fourth-order valence-electron chi connectivity index (χ4n) is 3.53. The Labute approximate surface area is 187 Å². The molecule has 0 radical (unpaired) electrons. The van der Waals surface area contributed by atoms with Crippen LogP contribution in [-0.2, 0) is 4.79 Å². The molecular weight excluding hydrogens is 402 g/mol. The number of rotatable bonds is 6. The number of furan rings is 1. The molecule has 0 atom stereocenters. The van der Waals surface area contributed by atoms with E-state index in [1.54, 1.807) is 13.2 Å². The van der Waals surface area contributed by atoms with Gasteiger partial charge in [-0.25, -0.2) is 0 Å². The third kappa shape index (κ3) is 4.52. The van der Waals surface area contributed by atoms with Crippen molar-refractivity contribution in [2.45, 2.75) is 20.8 Å². The number of hydrogen-bond acceptors (Lipinski definition) is 4. The molecule has 0 saturated heterocycles. The molecule has 0 aliphatic carbocycles. The zero-order valence-corrected chi connectivity index (χ0v) is 18.6. The van der Waals surface area contributed by atoms with Gasteiger partial charge in [0.1, 0.15) is 28.6 Å². The number of methoxy groups -OCH3 is 1. The topological polar surface area (TPSA) is 60.7 Å². The van der Waals surface area contributed by atoms with Crippen LogP contribution >= 0.6 is 0 Å². The van der Waals surface area contributed by atoms with Crippen molar-refractivity contribution < 1.29 is 18.7 Å². The largest absolute Gasteiger partial charge is 0.496 e. The SMILES string of the molecule is COc1cc2oc(C)c(C)c2cc1/C(C)=C/C(=O)Nc1ccc(Oc2ccccc2)cc1. The van der Waals surface area contributed by atoms with Crippen LogP contribution in [0.2, 0.25) is 0 Å². The lowest BCUT2D eigenvalue weighted by molar-refractivity contribution is -0.111. The molecular formula is C27H25NO4. The van der Waals surface area contributed by atoms with Crippen molar-refractivity contribution in [2.24, 2.45) is 0 Å². The number of nitrogens with one attached hydrogen (secondary N) is 1. The number of amides is 1. The maximum absolute atomic E-state index is 12.6. The molecule has 1 amide bonds. The zero-order valence-electron chi connectivity index (χ0n) is 18.6. The lowest BCUT2D eigenvalue weighted by Gasteiger charge is -2.10. The molecule has 4 rings (SSSR count). The summed E-state index contributed by atoms with van der Waals surface area (Å²) in [7, 11) is 1.61. The zero-order chi connectivity index (χ0) is 22.7. The second-order valence-electron chi connectivity index (χ2n) is 7.59. The second-order valence-corrected chi connectivity index (χ2v) is 7.59. The van der Waals surface area contributed by atoms with Crippen molar-refractivity contribution in [3.8, 4) is 17.2 Å². The Kier molecular flexibility index (Phi) is 5.99. The Morgan fingerprint density at radius 2 is 1.66 bits per heavy atom. The first kappa shape index (κ1) is 21.2. The highest BCUT2D eigenvalue weighted by molar-refractivity contribution is 6.04. The van der Waals surface area contributed by atoms with E-state index < -0.39 is 0 Å². The average molecular weight is 428 g/mol. The average Bonchev–Trinajstić information content (AvgIpc) is 3.07. The third-order valence-electron chi connectivity index (χ3n) is 5.37. The Hall–Kier alpha value is -3.99. The first-order chi connectivity index (χ1) is 15.4. The van der Waals surface area contributed by atoms with Crippen LogP contribution in [0.4, 0.5) is 5.69 Å². The molecule has 0 saturated carbocycles. The van der Waals surface area contributed by atoms with E-state index in [1.807, 2.05) is 87.5 Å². The van der Waals surface area contributed by atoms with Gasteiger partial charge in [0.25, 0.3) is 0 Å². The van der Waals surface area contributed by atoms with Crippen LogP contribution < -0.4 is 14.8 Å². The van der Waals surface area contributed by atoms with Gasteiger partial charge in [-0.1, -0.05) is 18.2 Å². The van der Waals surface area contributed by atoms with Gasteiger partial charge >= 0.3 is 0 Å². The Bertz CT molecular complexity index is 1280. The van der Waals surface area contributed by atoms with Crippen molar-refractivity contribution in [1.82, 2.24) is 0 Å². The van der Waals surface area contributed by atoms with Gasteiger partial charge in [0.2, 0.25) is 5.91 Å². The van der Waals surface area contributed by atoms with Gasteiger partial charge in [0, 0.05) is 28.8 Å². The molecule has 1 heterocycles. The van der Waals surface area contributed by atoms with Gasteiger partial charge in [-0.05, 0) is 74.4 Å². The molecule has 32 heavy (non-hydrogen) atoms. The van der Waals surface area contributed by atoms with Crippen molar-refractivity contribution in [1.29, 1.82) is 0 Å². The highest BCUT2D eigenvalue weighted by Gasteiger charge is 2.14. The molecule has 1 N–H and O–H groups in total. The van der Waals surface area contributed by atoms with E-state index in [9.17, 15) is 4.79 Å². The third-order valence-corrected chi connectivity index (χ3v) is 5.37. The van der Waals surface area contributed by atoms with E-state index in [1.165, 1.54) is 0 Å². The van der Waals surface area contributed by atoms with E-state index in [0.29, 0.717) is 17.2 Å². The summed E-state index contributed by atoms with van der Waals surface area (Å²) in [4.78, 5) is 12.6. The molecule has 5 nitrogen and oxygen atoms in total. The van der Waals surface area contributed by atoms with Crippen LogP contribution in [0.1, 0.15) is 23.8 Å². The van der Waals surface area contributed by atoms with Crippen LogP contribution in [0, 0.1) is 13.8 Å². The minimum Gasteiger partial charge on any atom is -0.496 e. The monoisotopic (exact) mass is 427 g/mol. The molecule has 0 bridgehead atoms. The minimum absolute atomic E-state index is 0.221. The van der Waals surface area contributed by atoms with Crippen LogP contribution in [0.5, 0.6) is 17.2 Å². The maximum Gasteiger partial charge on any atom is 0.248 e. The quantitative estimate of drug-likeness (QED) is 0.340. The second kappa shape index (κ2) is 9.02. The number of hydrogen-bond donors (Lipinski definition) is 1. The number of para-hydroxylation sites is 1. The van der Waals surface area contributed by atoms with Crippen molar-refractivity contribution in [3.05, 3.63) is 89.7 Å². The predicted octanol–water partition coefficient (Wildman–Crippen LogP) is 6.89. The van der Waals surface area contributed by atoms with Crippen molar-refractivity contribution in [3.63, 3.8) is 0 Å². The van der Waals surface area contributed by atoms with Crippen LogP contribution in [0.25, 0.3) is 16.5 Å². The molecule has 0 aliphatic rings. The lowest BCUT2D eigenvalue weighted by atomic mass is 10.0. The van der Waals surface area contributed by atoms with Crippen molar-refractivity contribution in [2.75, 3.05) is 12.4 Å². The fraction of sp³-hybridized carbons (Fsp3) is 0.148. The first-order valence-corrected chi connectivity index (χ1v) is 10.3. The number of benzene rings is 3. The van der Waals surface area contributed by atoms with Gasteiger partial charge in [-0.2, -0.15) is 0 Å². The first-order valence-electron chi connectivity index (χ1n) is 10.3. The number of carbonyl (C=O) groups excluding carboxylic acids is 1. The normalized spacial score (nSPS) is 11.4. The maximum atomic E-state index is 12.6. The van der Waals surface area contributed by atoms with Gasteiger partial charge < -0.3 is 19.2 Å². The van der Waals surface area contributed by atoms with Crippen molar-refractivity contribution >= 4 is 28.1 Å². The molecule has 5 heteroatoms. The molecule has 3 aromatic carbocycles. The summed E-state index contributed by atoms with van der Waals surface area (Å²) in [6.45, 7) is 5.85. The summed E-state index contributed by atoms with van der Waals surface area (Å²) < 4.78 is 17.1.